The fraction of sp³-hybridized carbons (Fsp3) is 1.00. The summed E-state index contributed by atoms with van der Waals surface area (Å²) in [5.41, 5.74) is 5.72. The van der Waals surface area contributed by atoms with Crippen LogP contribution in [0.25, 0.3) is 0 Å². The molecule has 1 saturated heterocycles. The maximum Gasteiger partial charge on any atom is 0.0173 e. The van der Waals surface area contributed by atoms with E-state index in [1.165, 1.54) is 0 Å². The van der Waals surface area contributed by atoms with E-state index in [9.17, 15) is 0 Å². The molecule has 0 saturated carbocycles. The van der Waals surface area contributed by atoms with Crippen molar-refractivity contribution in [3.63, 3.8) is 0 Å². The Morgan fingerprint density at radius 1 is 1.62 bits per heavy atom. The molecule has 1 radical (unpaired) electrons. The highest BCUT2D eigenvalue weighted by Crippen LogP contribution is 2.07. The van der Waals surface area contributed by atoms with Gasteiger partial charge < -0.3 is 5.73 Å². The second-order valence-electron chi connectivity index (χ2n) is 2.56. The molecule has 2 unspecified atom stereocenters. The van der Waals surface area contributed by atoms with Gasteiger partial charge in [-0.2, -0.15) is 0 Å². The first kappa shape index (κ1) is 6.05. The lowest BCUT2D eigenvalue weighted by Gasteiger charge is -2.24. The minimum absolute atomic E-state index is 0.410. The van der Waals surface area contributed by atoms with Crippen LogP contribution >= 0.6 is 0 Å². The predicted molar refractivity (Wildman–Crippen MR) is 33.6 cm³/mol. The molecular weight excluding hydrogens is 100 g/mol. The molecule has 1 heterocycles. The molecule has 2 nitrogen and oxygen atoms in total. The molecular formula is C6H13N2. The molecule has 1 rings (SSSR count). The van der Waals surface area contributed by atoms with Crippen LogP contribution in [0.4, 0.5) is 0 Å². The standard InChI is InChI=1S/C6H13N2/c1-5-4-8-3-2-6(5)7/h5-6H,2-4,7H2,1H3. The molecule has 1 fully saturated rings. The number of hydrogen-bond donors (Lipinski definition) is 1. The third-order valence-electron chi connectivity index (χ3n) is 1.77. The normalized spacial score (nSPS) is 39.8. The molecule has 47 valence electrons. The molecule has 0 bridgehead atoms. The molecule has 8 heavy (non-hydrogen) atoms. The van der Waals surface area contributed by atoms with Gasteiger partial charge in [-0.1, -0.05) is 6.92 Å². The van der Waals surface area contributed by atoms with Crippen molar-refractivity contribution in [1.82, 2.24) is 5.32 Å². The van der Waals surface area contributed by atoms with E-state index in [1.54, 1.807) is 0 Å². The second kappa shape index (κ2) is 2.46. The lowest BCUT2D eigenvalue weighted by atomic mass is 9.97. The van der Waals surface area contributed by atoms with Crippen molar-refractivity contribution < 1.29 is 0 Å². The number of hydrogen-bond acceptors (Lipinski definition) is 1. The van der Waals surface area contributed by atoms with E-state index in [1.807, 2.05) is 0 Å². The number of nitrogens with zero attached hydrogens (tertiary/aromatic N) is 1. The number of rotatable bonds is 0. The topological polar surface area (TPSA) is 40.1 Å². The molecule has 0 amide bonds. The van der Waals surface area contributed by atoms with Gasteiger partial charge in [0, 0.05) is 19.1 Å². The van der Waals surface area contributed by atoms with Gasteiger partial charge in [-0.15, -0.1) is 0 Å². The Balaban J connectivity index is 2.28. The summed E-state index contributed by atoms with van der Waals surface area (Å²) in [6.07, 6.45) is 1.08. The van der Waals surface area contributed by atoms with Gasteiger partial charge in [-0.05, 0) is 12.3 Å². The van der Waals surface area contributed by atoms with Crippen molar-refractivity contribution in [2.75, 3.05) is 13.1 Å². The highest BCUT2D eigenvalue weighted by atomic mass is 14.9. The van der Waals surface area contributed by atoms with Gasteiger partial charge in [0.15, 0.2) is 0 Å². The zero-order valence-corrected chi connectivity index (χ0v) is 5.30. The Hall–Kier alpha value is -0.0800. The summed E-state index contributed by atoms with van der Waals surface area (Å²) in [5.74, 6) is 0.615. The van der Waals surface area contributed by atoms with Crippen molar-refractivity contribution in [3.8, 4) is 0 Å². The molecule has 0 aromatic carbocycles. The SMILES string of the molecule is CC1C[N]CCC1N. The van der Waals surface area contributed by atoms with Crippen LogP contribution in [-0.2, 0) is 0 Å². The van der Waals surface area contributed by atoms with E-state index in [2.05, 4.69) is 12.2 Å². The highest BCUT2D eigenvalue weighted by Gasteiger charge is 2.16. The van der Waals surface area contributed by atoms with Crippen molar-refractivity contribution in [1.29, 1.82) is 0 Å². The number of piperidine rings is 1. The van der Waals surface area contributed by atoms with Crippen LogP contribution in [0.15, 0.2) is 0 Å². The lowest BCUT2D eigenvalue weighted by Crippen LogP contribution is -2.40. The van der Waals surface area contributed by atoms with E-state index in [0.717, 1.165) is 19.5 Å². The molecule has 0 aromatic rings. The third-order valence-corrected chi connectivity index (χ3v) is 1.77. The summed E-state index contributed by atoms with van der Waals surface area (Å²) in [5, 5.41) is 4.23. The molecule has 0 spiro atoms. The summed E-state index contributed by atoms with van der Waals surface area (Å²) in [4.78, 5) is 0. The second-order valence-corrected chi connectivity index (χ2v) is 2.56. The zero-order chi connectivity index (χ0) is 5.98. The summed E-state index contributed by atoms with van der Waals surface area (Å²) >= 11 is 0. The summed E-state index contributed by atoms with van der Waals surface area (Å²) < 4.78 is 0. The van der Waals surface area contributed by atoms with Gasteiger partial charge in [0.05, 0.1) is 0 Å². The fourth-order valence-corrected chi connectivity index (χ4v) is 0.955. The smallest absolute Gasteiger partial charge is 0.0173 e. The summed E-state index contributed by atoms with van der Waals surface area (Å²) in [7, 11) is 0. The van der Waals surface area contributed by atoms with Crippen LogP contribution in [0.1, 0.15) is 13.3 Å². The average Bonchev–Trinajstić information content (AvgIpc) is 1.77. The minimum Gasteiger partial charge on any atom is -0.327 e. The zero-order valence-electron chi connectivity index (χ0n) is 5.30. The third kappa shape index (κ3) is 1.20. The Kier molecular flexibility index (Phi) is 1.86. The van der Waals surface area contributed by atoms with Crippen LogP contribution in [0.2, 0.25) is 0 Å². The molecule has 2 atom stereocenters. The Morgan fingerprint density at radius 3 is 2.75 bits per heavy atom. The monoisotopic (exact) mass is 113 g/mol. The van der Waals surface area contributed by atoms with Gasteiger partial charge in [0.1, 0.15) is 0 Å². The van der Waals surface area contributed by atoms with E-state index < -0.39 is 0 Å². The quantitative estimate of drug-likeness (QED) is 0.470. The van der Waals surface area contributed by atoms with Crippen molar-refractivity contribution in [2.45, 2.75) is 19.4 Å². The van der Waals surface area contributed by atoms with Gasteiger partial charge in [0.25, 0.3) is 0 Å². The molecule has 0 aliphatic carbocycles. The van der Waals surface area contributed by atoms with Crippen molar-refractivity contribution in [2.24, 2.45) is 11.7 Å². The Morgan fingerprint density at radius 2 is 2.38 bits per heavy atom. The van der Waals surface area contributed by atoms with Crippen LogP contribution in [0.5, 0.6) is 0 Å². The molecule has 1 aliphatic rings. The first-order chi connectivity index (χ1) is 3.80. The average molecular weight is 113 g/mol. The van der Waals surface area contributed by atoms with Gasteiger partial charge >= 0.3 is 0 Å². The van der Waals surface area contributed by atoms with Gasteiger partial charge in [-0.25, -0.2) is 5.32 Å². The lowest BCUT2D eigenvalue weighted by molar-refractivity contribution is 0.345. The fourth-order valence-electron chi connectivity index (χ4n) is 0.955. The summed E-state index contributed by atoms with van der Waals surface area (Å²) in [6.45, 7) is 4.11. The number of nitrogens with two attached hydrogens (primary N) is 1. The van der Waals surface area contributed by atoms with Crippen LogP contribution in [-0.4, -0.2) is 19.1 Å². The van der Waals surface area contributed by atoms with E-state index in [4.69, 9.17) is 5.73 Å². The van der Waals surface area contributed by atoms with E-state index >= 15 is 0 Å². The van der Waals surface area contributed by atoms with Gasteiger partial charge in [-0.3, -0.25) is 0 Å². The van der Waals surface area contributed by atoms with Crippen LogP contribution < -0.4 is 11.1 Å². The largest absolute Gasteiger partial charge is 0.327 e. The maximum atomic E-state index is 5.72. The van der Waals surface area contributed by atoms with Crippen molar-refractivity contribution >= 4 is 0 Å². The van der Waals surface area contributed by atoms with E-state index in [-0.39, 0.29) is 0 Å². The van der Waals surface area contributed by atoms with E-state index in [0.29, 0.717) is 12.0 Å². The molecule has 2 N–H and O–H groups in total. The maximum absolute atomic E-state index is 5.72. The molecule has 0 aromatic heterocycles. The molecule has 2 heteroatoms. The Bertz CT molecular complexity index is 62.9. The first-order valence-electron chi connectivity index (χ1n) is 3.19. The van der Waals surface area contributed by atoms with Crippen molar-refractivity contribution in [3.05, 3.63) is 0 Å². The Labute approximate surface area is 50.4 Å². The minimum atomic E-state index is 0.410. The van der Waals surface area contributed by atoms with Crippen LogP contribution in [0.3, 0.4) is 0 Å². The van der Waals surface area contributed by atoms with Gasteiger partial charge in [0.2, 0.25) is 0 Å². The predicted octanol–water partition coefficient (Wildman–Crippen LogP) is -0.0421. The first-order valence-corrected chi connectivity index (χ1v) is 3.19. The molecule has 1 aliphatic heterocycles. The highest BCUT2D eigenvalue weighted by molar-refractivity contribution is 4.76. The summed E-state index contributed by atoms with van der Waals surface area (Å²) in [6, 6.07) is 0.410. The van der Waals surface area contributed by atoms with Crippen LogP contribution in [0, 0.1) is 5.92 Å².